The maximum Gasteiger partial charge on any atom is 0.160 e. The molecule has 3 nitrogen and oxygen atoms in total. The monoisotopic (exact) mass is 440 g/mol. The van der Waals surface area contributed by atoms with E-state index in [1.54, 1.807) is 7.11 Å². The van der Waals surface area contributed by atoms with Crippen LogP contribution >= 0.6 is 0 Å². The van der Waals surface area contributed by atoms with Gasteiger partial charge in [0, 0.05) is 25.6 Å². The third-order valence-corrected chi connectivity index (χ3v) is 7.20. The number of aryl methyl sites for hydroxylation is 1. The predicted molar refractivity (Wildman–Crippen MR) is 126 cm³/mol. The molecule has 32 heavy (non-hydrogen) atoms. The second-order valence-electron chi connectivity index (χ2n) is 9.56. The number of benzene rings is 2. The van der Waals surface area contributed by atoms with E-state index in [1.807, 2.05) is 12.1 Å². The fourth-order valence-corrected chi connectivity index (χ4v) is 5.14. The average Bonchev–Trinajstić information content (AvgIpc) is 2.85. The van der Waals surface area contributed by atoms with Gasteiger partial charge in [-0.15, -0.1) is 0 Å². The first-order chi connectivity index (χ1) is 15.7. The molecule has 2 aromatic rings. The Morgan fingerprint density at radius 2 is 1.44 bits per heavy atom. The summed E-state index contributed by atoms with van der Waals surface area (Å²) in [5.41, 5.74) is 3.59. The standard InChI is InChI=1S/C28H37FO3/c1-30-18-2-3-23-19-31-28(32-20-23)26-12-8-22(9-13-26)5-4-21-6-10-24(11-7-21)25-14-16-27(29)17-15-25/h6-7,10-11,14-17,22-23,26,28H,2-5,8-9,12-13,18-20H2,1H3/t22-,23-,26-,28-. The van der Waals surface area contributed by atoms with Gasteiger partial charge in [0.25, 0.3) is 0 Å². The molecule has 1 heterocycles. The Morgan fingerprint density at radius 3 is 2.06 bits per heavy atom. The van der Waals surface area contributed by atoms with Gasteiger partial charge in [0.05, 0.1) is 13.2 Å². The van der Waals surface area contributed by atoms with Crippen LogP contribution in [0.3, 0.4) is 0 Å². The molecule has 4 heteroatoms. The van der Waals surface area contributed by atoms with E-state index in [0.717, 1.165) is 56.1 Å². The first kappa shape index (κ1) is 23.4. The highest BCUT2D eigenvalue weighted by Crippen LogP contribution is 2.36. The van der Waals surface area contributed by atoms with Crippen LogP contribution in [0.1, 0.15) is 50.5 Å². The smallest absolute Gasteiger partial charge is 0.160 e. The van der Waals surface area contributed by atoms with Gasteiger partial charge in [-0.3, -0.25) is 0 Å². The van der Waals surface area contributed by atoms with E-state index in [4.69, 9.17) is 14.2 Å². The SMILES string of the molecule is COCCC[C@H]1CO[C@H]([C@H]2CC[C@H](CCc3ccc(-c4ccc(F)cc4)cc3)CC2)OC1. The van der Waals surface area contributed by atoms with Crippen molar-refractivity contribution in [3.63, 3.8) is 0 Å². The minimum atomic E-state index is -0.191. The zero-order valence-electron chi connectivity index (χ0n) is 19.3. The van der Waals surface area contributed by atoms with Crippen LogP contribution in [0.25, 0.3) is 11.1 Å². The molecule has 2 aliphatic rings. The lowest BCUT2D eigenvalue weighted by molar-refractivity contribution is -0.230. The van der Waals surface area contributed by atoms with Crippen LogP contribution in [-0.2, 0) is 20.6 Å². The summed E-state index contributed by atoms with van der Waals surface area (Å²) in [6, 6.07) is 15.5. The maximum atomic E-state index is 13.1. The molecular formula is C28H37FO3. The Balaban J connectivity index is 1.15. The van der Waals surface area contributed by atoms with E-state index in [2.05, 4.69) is 24.3 Å². The highest BCUT2D eigenvalue weighted by Gasteiger charge is 2.32. The summed E-state index contributed by atoms with van der Waals surface area (Å²) in [5, 5.41) is 0. The van der Waals surface area contributed by atoms with Gasteiger partial charge in [0.1, 0.15) is 5.82 Å². The molecule has 1 saturated heterocycles. The normalized spacial score (nSPS) is 26.2. The van der Waals surface area contributed by atoms with E-state index in [0.29, 0.717) is 11.8 Å². The molecule has 2 fully saturated rings. The summed E-state index contributed by atoms with van der Waals surface area (Å²) < 4.78 is 30.5. The minimum Gasteiger partial charge on any atom is -0.385 e. The summed E-state index contributed by atoms with van der Waals surface area (Å²) in [5.74, 6) is 1.69. The van der Waals surface area contributed by atoms with Crippen molar-refractivity contribution < 1.29 is 18.6 Å². The van der Waals surface area contributed by atoms with Crippen molar-refractivity contribution in [2.75, 3.05) is 26.9 Å². The van der Waals surface area contributed by atoms with Crippen molar-refractivity contribution >= 4 is 0 Å². The van der Waals surface area contributed by atoms with Gasteiger partial charge in [-0.2, -0.15) is 0 Å². The largest absolute Gasteiger partial charge is 0.385 e. The van der Waals surface area contributed by atoms with Gasteiger partial charge in [0.2, 0.25) is 0 Å². The van der Waals surface area contributed by atoms with Crippen LogP contribution in [0.5, 0.6) is 0 Å². The zero-order valence-corrected chi connectivity index (χ0v) is 19.3. The minimum absolute atomic E-state index is 0.00799. The van der Waals surface area contributed by atoms with Gasteiger partial charge in [-0.05, 0) is 86.1 Å². The van der Waals surface area contributed by atoms with Crippen molar-refractivity contribution in [3.8, 4) is 11.1 Å². The van der Waals surface area contributed by atoms with E-state index >= 15 is 0 Å². The third-order valence-electron chi connectivity index (χ3n) is 7.20. The molecule has 0 bridgehead atoms. The molecule has 174 valence electrons. The fourth-order valence-electron chi connectivity index (χ4n) is 5.14. The van der Waals surface area contributed by atoms with Crippen LogP contribution in [0.4, 0.5) is 4.39 Å². The van der Waals surface area contributed by atoms with Crippen molar-refractivity contribution in [2.24, 2.45) is 17.8 Å². The van der Waals surface area contributed by atoms with E-state index < -0.39 is 0 Å². The average molecular weight is 441 g/mol. The Kier molecular flexibility index (Phi) is 8.72. The highest BCUT2D eigenvalue weighted by atomic mass is 19.1. The van der Waals surface area contributed by atoms with Gasteiger partial charge in [-0.1, -0.05) is 36.4 Å². The van der Waals surface area contributed by atoms with Crippen molar-refractivity contribution in [2.45, 2.75) is 57.7 Å². The Labute approximate surface area is 192 Å². The van der Waals surface area contributed by atoms with E-state index in [1.165, 1.54) is 49.8 Å². The second-order valence-corrected chi connectivity index (χ2v) is 9.56. The summed E-state index contributed by atoms with van der Waals surface area (Å²) in [7, 11) is 1.76. The van der Waals surface area contributed by atoms with Gasteiger partial charge in [-0.25, -0.2) is 4.39 Å². The highest BCUT2D eigenvalue weighted by molar-refractivity contribution is 5.63. The fraction of sp³-hybridized carbons (Fsp3) is 0.571. The molecule has 0 unspecified atom stereocenters. The Bertz CT molecular complexity index is 788. The number of methoxy groups -OCH3 is 1. The summed E-state index contributed by atoms with van der Waals surface area (Å²) >= 11 is 0. The van der Waals surface area contributed by atoms with Crippen LogP contribution in [0.15, 0.2) is 48.5 Å². The Hall–Kier alpha value is -1.75. The van der Waals surface area contributed by atoms with Crippen molar-refractivity contribution in [3.05, 3.63) is 59.9 Å². The molecule has 0 N–H and O–H groups in total. The van der Waals surface area contributed by atoms with Gasteiger partial charge in [0.15, 0.2) is 6.29 Å². The summed E-state index contributed by atoms with van der Waals surface area (Å²) in [6.07, 6.45) is 9.57. The van der Waals surface area contributed by atoms with Crippen molar-refractivity contribution in [1.29, 1.82) is 0 Å². The van der Waals surface area contributed by atoms with Crippen LogP contribution in [0, 0.1) is 23.6 Å². The van der Waals surface area contributed by atoms with Gasteiger partial charge < -0.3 is 14.2 Å². The molecule has 4 rings (SSSR count). The number of rotatable bonds is 9. The molecule has 1 aliphatic carbocycles. The lowest BCUT2D eigenvalue weighted by Gasteiger charge is -2.37. The molecule has 2 aromatic carbocycles. The molecule has 0 radical (unpaired) electrons. The zero-order chi connectivity index (χ0) is 22.2. The first-order valence-electron chi connectivity index (χ1n) is 12.3. The Morgan fingerprint density at radius 1 is 0.812 bits per heavy atom. The predicted octanol–water partition coefficient (Wildman–Crippen LogP) is 6.65. The summed E-state index contributed by atoms with van der Waals surface area (Å²) in [4.78, 5) is 0. The number of ether oxygens (including phenoxy) is 3. The van der Waals surface area contributed by atoms with Gasteiger partial charge >= 0.3 is 0 Å². The number of halogens is 1. The molecule has 1 saturated carbocycles. The third kappa shape index (κ3) is 6.63. The quantitative estimate of drug-likeness (QED) is 0.409. The first-order valence-corrected chi connectivity index (χ1v) is 12.3. The summed E-state index contributed by atoms with van der Waals surface area (Å²) in [6.45, 7) is 2.49. The van der Waals surface area contributed by atoms with Crippen LogP contribution in [0.2, 0.25) is 0 Å². The number of hydrogen-bond donors (Lipinski definition) is 0. The van der Waals surface area contributed by atoms with Crippen molar-refractivity contribution in [1.82, 2.24) is 0 Å². The molecule has 0 amide bonds. The lowest BCUT2D eigenvalue weighted by Crippen LogP contribution is -2.38. The van der Waals surface area contributed by atoms with E-state index in [9.17, 15) is 4.39 Å². The van der Waals surface area contributed by atoms with Crippen LogP contribution in [-0.4, -0.2) is 33.2 Å². The molecule has 0 spiro atoms. The van der Waals surface area contributed by atoms with Crippen LogP contribution < -0.4 is 0 Å². The molecule has 0 aromatic heterocycles. The molecular weight excluding hydrogens is 403 g/mol. The van der Waals surface area contributed by atoms with E-state index in [-0.39, 0.29) is 12.1 Å². The lowest BCUT2D eigenvalue weighted by atomic mass is 9.79. The second kappa shape index (κ2) is 11.9. The molecule has 0 atom stereocenters. The topological polar surface area (TPSA) is 27.7 Å². The maximum absolute atomic E-state index is 13.1. The number of hydrogen-bond acceptors (Lipinski definition) is 3. The molecule has 1 aliphatic heterocycles.